The van der Waals surface area contributed by atoms with Gasteiger partial charge in [-0.3, -0.25) is 0 Å². The molecular formula is C24H16N2. The molecule has 0 aliphatic carbocycles. The molecule has 2 heteroatoms. The Morgan fingerprint density at radius 2 is 1.35 bits per heavy atom. The highest BCUT2D eigenvalue weighted by atomic mass is 15.0. The van der Waals surface area contributed by atoms with E-state index in [0.29, 0.717) is 0 Å². The van der Waals surface area contributed by atoms with Gasteiger partial charge in [-0.2, -0.15) is 0 Å². The van der Waals surface area contributed by atoms with Gasteiger partial charge in [0.15, 0.2) is 0 Å². The minimum Gasteiger partial charge on any atom is -0.353 e. The Bertz CT molecular complexity index is 1420. The third kappa shape index (κ3) is 1.71. The zero-order valence-electron chi connectivity index (χ0n) is 14.1. The molecule has 4 aromatic carbocycles. The number of para-hydroxylation sites is 2. The Morgan fingerprint density at radius 3 is 2.23 bits per heavy atom. The van der Waals surface area contributed by atoms with Gasteiger partial charge in [0.05, 0.1) is 16.6 Å². The molecule has 26 heavy (non-hydrogen) atoms. The summed E-state index contributed by atoms with van der Waals surface area (Å²) in [6.45, 7) is 0. The first-order valence-corrected chi connectivity index (χ1v) is 8.90. The van der Waals surface area contributed by atoms with Crippen molar-refractivity contribution in [2.24, 2.45) is 0 Å². The largest absolute Gasteiger partial charge is 0.353 e. The standard InChI is InChI=1S/C24H16N2/c1-2-9-17(10-3-1)26-21-15-14-16-8-4-5-11-18(16)22(21)23-24(26)19-12-6-7-13-20(19)25-23/h1-15,25H. The van der Waals surface area contributed by atoms with Gasteiger partial charge in [-0.1, -0.05) is 66.7 Å². The summed E-state index contributed by atoms with van der Waals surface area (Å²) in [5.74, 6) is 0. The van der Waals surface area contributed by atoms with E-state index in [1.165, 1.54) is 49.3 Å². The second kappa shape index (κ2) is 4.99. The molecule has 0 saturated heterocycles. The smallest absolute Gasteiger partial charge is 0.0798 e. The first kappa shape index (κ1) is 13.7. The van der Waals surface area contributed by atoms with Gasteiger partial charge in [0, 0.05) is 22.0 Å². The van der Waals surface area contributed by atoms with Crippen molar-refractivity contribution in [1.82, 2.24) is 9.55 Å². The molecule has 0 bridgehead atoms. The van der Waals surface area contributed by atoms with Gasteiger partial charge in [-0.25, -0.2) is 0 Å². The summed E-state index contributed by atoms with van der Waals surface area (Å²) in [4.78, 5) is 3.68. The van der Waals surface area contributed by atoms with E-state index < -0.39 is 0 Å². The molecule has 0 aliphatic heterocycles. The van der Waals surface area contributed by atoms with Crippen molar-refractivity contribution in [3.8, 4) is 5.69 Å². The molecule has 1 N–H and O–H groups in total. The van der Waals surface area contributed by atoms with E-state index in [-0.39, 0.29) is 0 Å². The molecule has 0 saturated carbocycles. The van der Waals surface area contributed by atoms with E-state index in [1.54, 1.807) is 0 Å². The van der Waals surface area contributed by atoms with Crippen LogP contribution in [0.3, 0.4) is 0 Å². The van der Waals surface area contributed by atoms with Crippen molar-refractivity contribution >= 4 is 43.6 Å². The van der Waals surface area contributed by atoms with E-state index in [1.807, 2.05) is 0 Å². The van der Waals surface area contributed by atoms with Crippen LogP contribution >= 0.6 is 0 Å². The highest BCUT2D eigenvalue weighted by Gasteiger charge is 2.18. The summed E-state index contributed by atoms with van der Waals surface area (Å²) >= 11 is 0. The number of fused-ring (bicyclic) bond motifs is 7. The summed E-state index contributed by atoms with van der Waals surface area (Å²) in [5.41, 5.74) is 6.06. The number of benzene rings is 4. The Morgan fingerprint density at radius 1 is 0.615 bits per heavy atom. The van der Waals surface area contributed by atoms with Crippen LogP contribution in [0, 0.1) is 0 Å². The van der Waals surface area contributed by atoms with Gasteiger partial charge in [0.1, 0.15) is 0 Å². The van der Waals surface area contributed by atoms with Crippen LogP contribution in [-0.2, 0) is 0 Å². The number of rotatable bonds is 1. The zero-order valence-corrected chi connectivity index (χ0v) is 14.1. The average molecular weight is 332 g/mol. The van der Waals surface area contributed by atoms with Crippen LogP contribution in [-0.4, -0.2) is 9.55 Å². The lowest BCUT2D eigenvalue weighted by Gasteiger charge is -2.08. The molecule has 0 unspecified atom stereocenters. The molecule has 2 heterocycles. The van der Waals surface area contributed by atoms with Crippen LogP contribution in [0.1, 0.15) is 0 Å². The van der Waals surface area contributed by atoms with Crippen molar-refractivity contribution in [2.45, 2.75) is 0 Å². The average Bonchev–Trinajstić information content (AvgIpc) is 3.23. The maximum Gasteiger partial charge on any atom is 0.0798 e. The second-order valence-electron chi connectivity index (χ2n) is 6.75. The summed E-state index contributed by atoms with van der Waals surface area (Å²) in [6, 6.07) is 32.3. The fraction of sp³-hybridized carbons (Fsp3) is 0. The molecule has 122 valence electrons. The highest BCUT2D eigenvalue weighted by molar-refractivity contribution is 6.25. The Balaban J connectivity index is 1.95. The van der Waals surface area contributed by atoms with Crippen LogP contribution in [0.5, 0.6) is 0 Å². The lowest BCUT2D eigenvalue weighted by atomic mass is 10.1. The van der Waals surface area contributed by atoms with Crippen LogP contribution in [0.15, 0.2) is 91.0 Å². The Labute approximate surface area is 150 Å². The molecule has 2 aromatic heterocycles. The first-order chi connectivity index (χ1) is 12.9. The third-order valence-electron chi connectivity index (χ3n) is 5.31. The molecule has 2 nitrogen and oxygen atoms in total. The molecule has 0 aliphatic rings. The van der Waals surface area contributed by atoms with Crippen molar-refractivity contribution in [2.75, 3.05) is 0 Å². The molecule has 6 aromatic rings. The van der Waals surface area contributed by atoms with Crippen molar-refractivity contribution in [3.05, 3.63) is 91.0 Å². The number of hydrogen-bond acceptors (Lipinski definition) is 0. The molecule has 0 fully saturated rings. The molecule has 0 spiro atoms. The predicted molar refractivity (Wildman–Crippen MR) is 110 cm³/mol. The van der Waals surface area contributed by atoms with E-state index >= 15 is 0 Å². The maximum absolute atomic E-state index is 3.68. The normalized spacial score (nSPS) is 11.8. The Hall–Kier alpha value is -3.52. The minimum absolute atomic E-state index is 1.18. The number of H-pyrrole nitrogens is 1. The van der Waals surface area contributed by atoms with Crippen LogP contribution in [0.25, 0.3) is 49.3 Å². The summed E-state index contributed by atoms with van der Waals surface area (Å²) in [7, 11) is 0. The monoisotopic (exact) mass is 332 g/mol. The highest BCUT2D eigenvalue weighted by Crippen LogP contribution is 2.39. The number of nitrogens with zero attached hydrogens (tertiary/aromatic N) is 1. The minimum atomic E-state index is 1.18. The topological polar surface area (TPSA) is 20.7 Å². The van der Waals surface area contributed by atoms with Gasteiger partial charge in [-0.05, 0) is 35.0 Å². The predicted octanol–water partition coefficient (Wildman–Crippen LogP) is 6.42. The summed E-state index contributed by atoms with van der Waals surface area (Å²) in [5, 5.41) is 5.10. The lowest BCUT2D eigenvalue weighted by Crippen LogP contribution is -1.93. The maximum atomic E-state index is 3.68. The number of aromatic nitrogens is 2. The van der Waals surface area contributed by atoms with Gasteiger partial charge in [-0.15, -0.1) is 0 Å². The molecule has 6 rings (SSSR count). The van der Waals surface area contributed by atoms with Gasteiger partial charge < -0.3 is 9.55 Å². The van der Waals surface area contributed by atoms with Crippen LogP contribution in [0.4, 0.5) is 0 Å². The van der Waals surface area contributed by atoms with Crippen molar-refractivity contribution in [1.29, 1.82) is 0 Å². The zero-order chi connectivity index (χ0) is 17.1. The van der Waals surface area contributed by atoms with Crippen molar-refractivity contribution < 1.29 is 0 Å². The van der Waals surface area contributed by atoms with Crippen LogP contribution in [0.2, 0.25) is 0 Å². The van der Waals surface area contributed by atoms with E-state index in [4.69, 9.17) is 0 Å². The SMILES string of the molecule is c1ccc(-n2c3ccc4ccccc4c3c3[nH]c4ccccc4c32)cc1. The molecular weight excluding hydrogens is 316 g/mol. The molecule has 0 atom stereocenters. The van der Waals surface area contributed by atoms with E-state index in [0.717, 1.165) is 0 Å². The molecule has 0 amide bonds. The second-order valence-corrected chi connectivity index (χ2v) is 6.75. The van der Waals surface area contributed by atoms with Crippen LogP contribution < -0.4 is 0 Å². The number of nitrogens with one attached hydrogen (secondary N) is 1. The quantitative estimate of drug-likeness (QED) is 0.359. The summed E-state index contributed by atoms with van der Waals surface area (Å²) in [6.07, 6.45) is 0. The number of hydrogen-bond donors (Lipinski definition) is 1. The van der Waals surface area contributed by atoms with E-state index in [2.05, 4.69) is 101 Å². The van der Waals surface area contributed by atoms with Crippen molar-refractivity contribution in [3.63, 3.8) is 0 Å². The fourth-order valence-electron chi connectivity index (χ4n) is 4.22. The van der Waals surface area contributed by atoms with E-state index in [9.17, 15) is 0 Å². The first-order valence-electron chi connectivity index (χ1n) is 8.90. The summed E-state index contributed by atoms with van der Waals surface area (Å²) < 4.78 is 2.38. The molecule has 0 radical (unpaired) electrons. The Kier molecular flexibility index (Phi) is 2.64. The van der Waals surface area contributed by atoms with Gasteiger partial charge in [0.2, 0.25) is 0 Å². The van der Waals surface area contributed by atoms with Gasteiger partial charge in [0.25, 0.3) is 0 Å². The third-order valence-corrected chi connectivity index (χ3v) is 5.31. The lowest BCUT2D eigenvalue weighted by molar-refractivity contribution is 1.19. The fourth-order valence-corrected chi connectivity index (χ4v) is 4.22. The number of aromatic amines is 1. The van der Waals surface area contributed by atoms with Gasteiger partial charge >= 0.3 is 0 Å².